The molecule has 7 heteroatoms. The lowest BCUT2D eigenvalue weighted by Gasteiger charge is -2.44. The summed E-state index contributed by atoms with van der Waals surface area (Å²) >= 11 is 0. The minimum Gasteiger partial charge on any atom is -0.459 e. The minimum absolute atomic E-state index is 0.121. The summed E-state index contributed by atoms with van der Waals surface area (Å²) in [4.78, 5) is 31.4. The lowest BCUT2D eigenvalue weighted by atomic mass is 9.86. The smallest absolute Gasteiger partial charge is 0.408 e. The first kappa shape index (κ1) is 18.6. The fourth-order valence-electron chi connectivity index (χ4n) is 3.51. The largest absolute Gasteiger partial charge is 0.459 e. The Hall–Kier alpha value is -2.15. The summed E-state index contributed by atoms with van der Waals surface area (Å²) in [5, 5.41) is 2.63. The summed E-state index contributed by atoms with van der Waals surface area (Å²) in [6, 6.07) is 2.53. The zero-order valence-corrected chi connectivity index (χ0v) is 15.6. The van der Waals surface area contributed by atoms with Crippen LogP contribution in [0.2, 0.25) is 0 Å². The summed E-state index contributed by atoms with van der Waals surface area (Å²) in [6.07, 6.45) is 4.50. The fraction of sp³-hybridized carbons (Fsp3) is 0.632. The molecule has 1 N–H and O–H groups in total. The number of nitrogens with one attached hydrogen (secondary N) is 1. The molecule has 3 aliphatic rings. The third-order valence-corrected chi connectivity index (χ3v) is 4.78. The highest BCUT2D eigenvalue weighted by atomic mass is 16.6. The van der Waals surface area contributed by atoms with Crippen LogP contribution in [0.5, 0.6) is 0 Å². The molecule has 0 aliphatic carbocycles. The van der Waals surface area contributed by atoms with Gasteiger partial charge in [0.2, 0.25) is 0 Å². The zero-order chi connectivity index (χ0) is 18.7. The Balaban J connectivity index is 1.70. The molecule has 26 heavy (non-hydrogen) atoms. The number of carbonyl (C=O) groups excluding carboxylic acids is 2. The molecule has 0 aromatic carbocycles. The average Bonchev–Trinajstić information content (AvgIpc) is 2.60. The zero-order valence-electron chi connectivity index (χ0n) is 15.6. The maximum absolute atomic E-state index is 12.9. The van der Waals surface area contributed by atoms with Crippen LogP contribution in [0, 0.1) is 5.92 Å². The van der Waals surface area contributed by atoms with Gasteiger partial charge in [-0.2, -0.15) is 0 Å². The number of ether oxygens (including phenoxy) is 2. The molecule has 1 amide bonds. The maximum Gasteiger partial charge on any atom is 0.408 e. The third-order valence-electron chi connectivity index (χ3n) is 4.78. The van der Waals surface area contributed by atoms with Crippen LogP contribution in [0.4, 0.5) is 4.79 Å². The molecule has 2 unspecified atom stereocenters. The molecule has 4 heterocycles. The van der Waals surface area contributed by atoms with Crippen molar-refractivity contribution >= 4 is 12.1 Å². The molecule has 3 aliphatic heterocycles. The van der Waals surface area contributed by atoms with E-state index in [-0.39, 0.29) is 6.10 Å². The first-order valence-electron chi connectivity index (χ1n) is 9.14. The second-order valence-corrected chi connectivity index (χ2v) is 7.98. The maximum atomic E-state index is 12.9. The molecule has 7 nitrogen and oxygen atoms in total. The predicted octanol–water partition coefficient (Wildman–Crippen LogP) is 2.28. The average molecular weight is 361 g/mol. The lowest BCUT2D eigenvalue weighted by molar-refractivity contribution is -0.161. The van der Waals surface area contributed by atoms with Crippen LogP contribution in [0.15, 0.2) is 24.5 Å². The Morgan fingerprint density at radius 1 is 1.31 bits per heavy atom. The van der Waals surface area contributed by atoms with E-state index in [0.717, 1.165) is 32.5 Å². The van der Waals surface area contributed by atoms with Gasteiger partial charge in [0, 0.05) is 24.5 Å². The quantitative estimate of drug-likeness (QED) is 0.829. The highest BCUT2D eigenvalue weighted by molar-refractivity contribution is 5.83. The normalized spacial score (nSPS) is 26.0. The molecule has 1 aromatic rings. The van der Waals surface area contributed by atoms with E-state index in [1.165, 1.54) is 0 Å². The van der Waals surface area contributed by atoms with E-state index < -0.39 is 23.7 Å². The van der Waals surface area contributed by atoms with Gasteiger partial charge in [0.25, 0.3) is 0 Å². The predicted molar refractivity (Wildman–Crippen MR) is 95.4 cm³/mol. The Morgan fingerprint density at radius 3 is 2.58 bits per heavy atom. The molecule has 3 fully saturated rings. The number of fused-ring (bicyclic) bond motifs is 3. The minimum atomic E-state index is -0.936. The van der Waals surface area contributed by atoms with Crippen LogP contribution < -0.4 is 5.32 Å². The van der Waals surface area contributed by atoms with Crippen LogP contribution in [0.3, 0.4) is 0 Å². The van der Waals surface area contributed by atoms with Gasteiger partial charge in [-0.1, -0.05) is 6.07 Å². The molecular formula is C19H27N3O4. The number of alkyl carbamates (subject to hydrolysis) is 1. The highest BCUT2D eigenvalue weighted by Gasteiger charge is 2.38. The number of esters is 1. The molecule has 2 bridgehead atoms. The van der Waals surface area contributed by atoms with Crippen molar-refractivity contribution in [3.63, 3.8) is 0 Å². The third kappa shape index (κ3) is 4.72. The van der Waals surface area contributed by atoms with E-state index in [9.17, 15) is 9.59 Å². The molecule has 0 saturated carbocycles. The number of amides is 1. The molecule has 3 saturated heterocycles. The Kier molecular flexibility index (Phi) is 5.46. The second-order valence-electron chi connectivity index (χ2n) is 7.98. The van der Waals surface area contributed by atoms with E-state index in [4.69, 9.17) is 9.47 Å². The Bertz CT molecular complexity index is 636. The van der Waals surface area contributed by atoms with Crippen LogP contribution >= 0.6 is 0 Å². The number of hydrogen-bond donors (Lipinski definition) is 1. The summed E-state index contributed by atoms with van der Waals surface area (Å²) < 4.78 is 11.1. The van der Waals surface area contributed by atoms with Crippen LogP contribution in [-0.4, -0.2) is 53.3 Å². The highest BCUT2D eigenvalue weighted by Crippen LogP contribution is 2.30. The van der Waals surface area contributed by atoms with Gasteiger partial charge in [-0.3, -0.25) is 9.88 Å². The van der Waals surface area contributed by atoms with E-state index in [1.54, 1.807) is 45.3 Å². The number of hydrogen-bond acceptors (Lipinski definition) is 6. The van der Waals surface area contributed by atoms with Gasteiger partial charge >= 0.3 is 12.1 Å². The molecular weight excluding hydrogens is 334 g/mol. The van der Waals surface area contributed by atoms with Crippen LogP contribution in [0.25, 0.3) is 0 Å². The van der Waals surface area contributed by atoms with Crippen LogP contribution in [-0.2, 0) is 14.3 Å². The van der Waals surface area contributed by atoms with E-state index in [1.807, 2.05) is 0 Å². The first-order valence-corrected chi connectivity index (χ1v) is 9.14. The monoisotopic (exact) mass is 361 g/mol. The molecule has 4 rings (SSSR count). The second kappa shape index (κ2) is 7.61. The molecule has 142 valence electrons. The van der Waals surface area contributed by atoms with Crippen molar-refractivity contribution in [3.8, 4) is 0 Å². The number of rotatable bonds is 4. The summed E-state index contributed by atoms with van der Waals surface area (Å²) in [5.41, 5.74) is -0.0758. The Labute approximate surface area is 154 Å². The molecule has 0 radical (unpaired) electrons. The van der Waals surface area contributed by atoms with Crippen molar-refractivity contribution in [2.24, 2.45) is 5.92 Å². The van der Waals surface area contributed by atoms with Gasteiger partial charge in [-0.15, -0.1) is 0 Å². The summed E-state index contributed by atoms with van der Waals surface area (Å²) in [7, 11) is 0. The molecule has 2 atom stereocenters. The van der Waals surface area contributed by atoms with Gasteiger partial charge in [-0.25, -0.2) is 9.59 Å². The van der Waals surface area contributed by atoms with Crippen LogP contribution in [0.1, 0.15) is 45.2 Å². The fourth-order valence-corrected chi connectivity index (χ4v) is 3.51. The van der Waals surface area contributed by atoms with Gasteiger partial charge in [0.05, 0.1) is 0 Å². The topological polar surface area (TPSA) is 80.8 Å². The standard InChI is InChI=1S/C19H27N3O4/c1-19(2,3)26-18(24)21-16(14-5-4-8-20-11-14)17(23)25-15-12-22-9-6-13(15)7-10-22/h4-5,8,11,13,15-16H,6-7,9-10,12H2,1-3H3,(H,21,24). The van der Waals surface area contributed by atoms with Gasteiger partial charge in [0.1, 0.15) is 11.7 Å². The molecule has 0 spiro atoms. The van der Waals surface area contributed by atoms with E-state index >= 15 is 0 Å². The van der Waals surface area contributed by atoms with Gasteiger partial charge < -0.3 is 14.8 Å². The Morgan fingerprint density at radius 2 is 2.04 bits per heavy atom. The van der Waals surface area contributed by atoms with Crippen molar-refractivity contribution in [1.82, 2.24) is 15.2 Å². The van der Waals surface area contributed by atoms with Crippen molar-refractivity contribution in [1.29, 1.82) is 0 Å². The lowest BCUT2D eigenvalue weighted by Crippen LogP contribution is -2.52. The van der Waals surface area contributed by atoms with Crippen molar-refractivity contribution in [2.75, 3.05) is 19.6 Å². The van der Waals surface area contributed by atoms with Crippen molar-refractivity contribution in [2.45, 2.75) is 51.4 Å². The van der Waals surface area contributed by atoms with E-state index in [2.05, 4.69) is 15.2 Å². The van der Waals surface area contributed by atoms with Gasteiger partial charge in [-0.05, 0) is 58.7 Å². The van der Waals surface area contributed by atoms with Gasteiger partial charge in [0.15, 0.2) is 6.04 Å². The van der Waals surface area contributed by atoms with Crippen molar-refractivity contribution < 1.29 is 19.1 Å². The number of carbonyl (C=O) groups is 2. The first-order chi connectivity index (χ1) is 12.3. The number of nitrogens with zero attached hydrogens (tertiary/aromatic N) is 2. The number of piperidine rings is 3. The number of pyridine rings is 1. The summed E-state index contributed by atoms with van der Waals surface area (Å²) in [6.45, 7) is 8.23. The number of aromatic nitrogens is 1. The SMILES string of the molecule is CC(C)(C)OC(=O)NC(C(=O)OC1CN2CCC1CC2)c1cccnc1. The molecule has 1 aromatic heterocycles. The van der Waals surface area contributed by atoms with Crippen molar-refractivity contribution in [3.05, 3.63) is 30.1 Å². The van der Waals surface area contributed by atoms with E-state index in [0.29, 0.717) is 11.5 Å². The summed E-state index contributed by atoms with van der Waals surface area (Å²) in [5.74, 6) is -0.0670.